The summed E-state index contributed by atoms with van der Waals surface area (Å²) < 4.78 is 40.7. The van der Waals surface area contributed by atoms with E-state index in [4.69, 9.17) is 18.8 Å². The van der Waals surface area contributed by atoms with E-state index < -0.39 is 34.1 Å². The average Bonchev–Trinajstić information content (AvgIpc) is 2.43. The molecule has 0 bridgehead atoms. The largest absolute Gasteiger partial charge is 0.481 e. The van der Waals surface area contributed by atoms with Crippen LogP contribution in [0.5, 0.6) is 0 Å². The predicted molar refractivity (Wildman–Crippen MR) is 85.0 cm³/mol. The lowest BCUT2D eigenvalue weighted by Gasteiger charge is -2.40. The molecular formula is C16H22O7S. The van der Waals surface area contributed by atoms with Crippen LogP contribution in [0, 0.1) is 6.92 Å². The zero-order chi connectivity index (χ0) is 18.0. The van der Waals surface area contributed by atoms with Crippen LogP contribution in [0.25, 0.3) is 0 Å². The summed E-state index contributed by atoms with van der Waals surface area (Å²) >= 11 is 0. The Bertz CT molecular complexity index is 679. The van der Waals surface area contributed by atoms with Crippen molar-refractivity contribution in [3.63, 3.8) is 0 Å². The lowest BCUT2D eigenvalue weighted by molar-refractivity contribution is -0.302. The van der Waals surface area contributed by atoms with Crippen molar-refractivity contribution in [1.29, 1.82) is 0 Å². The molecule has 0 amide bonds. The number of hydrogen-bond acceptors (Lipinski definition) is 6. The number of hydrogen-bond donors (Lipinski definition) is 1. The maximum atomic E-state index is 12.2. The molecule has 0 aliphatic carbocycles. The Balaban J connectivity index is 2.01. The van der Waals surface area contributed by atoms with E-state index in [1.165, 1.54) is 12.1 Å². The second-order valence-electron chi connectivity index (χ2n) is 6.26. The van der Waals surface area contributed by atoms with Gasteiger partial charge in [0.1, 0.15) is 0 Å². The highest BCUT2D eigenvalue weighted by atomic mass is 32.2. The fourth-order valence-electron chi connectivity index (χ4n) is 2.58. The third-order valence-corrected chi connectivity index (χ3v) is 4.84. The van der Waals surface area contributed by atoms with Gasteiger partial charge in [-0.3, -0.25) is 8.98 Å². The fourth-order valence-corrected chi connectivity index (χ4v) is 3.52. The van der Waals surface area contributed by atoms with Crippen molar-refractivity contribution in [3.8, 4) is 0 Å². The molecule has 1 aromatic carbocycles. The Morgan fingerprint density at radius 1 is 1.25 bits per heavy atom. The number of aryl methyl sites for hydroxylation is 1. The first-order chi connectivity index (χ1) is 11.1. The van der Waals surface area contributed by atoms with E-state index >= 15 is 0 Å². The molecule has 1 unspecified atom stereocenters. The summed E-state index contributed by atoms with van der Waals surface area (Å²) in [7, 11) is -3.89. The summed E-state index contributed by atoms with van der Waals surface area (Å²) in [5.41, 5.74) is 0.944. The Labute approximate surface area is 141 Å². The lowest BCUT2D eigenvalue weighted by Crippen LogP contribution is -2.47. The Hall–Kier alpha value is -1.48. The minimum absolute atomic E-state index is 0.0708. The minimum atomic E-state index is -3.89. The molecule has 0 spiro atoms. The molecule has 1 aromatic rings. The molecule has 0 aromatic heterocycles. The van der Waals surface area contributed by atoms with Gasteiger partial charge in [0.05, 0.1) is 30.1 Å². The first-order valence-electron chi connectivity index (χ1n) is 7.61. The number of rotatable bonds is 6. The molecule has 1 N–H and O–H groups in total. The van der Waals surface area contributed by atoms with Gasteiger partial charge in [-0.15, -0.1) is 0 Å². The van der Waals surface area contributed by atoms with E-state index in [-0.39, 0.29) is 24.3 Å². The summed E-state index contributed by atoms with van der Waals surface area (Å²) in [5, 5.41) is 8.90. The second kappa shape index (κ2) is 7.18. The zero-order valence-electron chi connectivity index (χ0n) is 13.9. The Morgan fingerprint density at radius 2 is 1.83 bits per heavy atom. The summed E-state index contributed by atoms with van der Waals surface area (Å²) in [5.74, 6) is -1.98. The van der Waals surface area contributed by atoms with Gasteiger partial charge < -0.3 is 14.6 Å². The standard InChI is InChI=1S/C16H22O7S/c1-11-4-6-14(7-5-11)24(19,20)21-10-13-8-12(9-15(17)18)22-16(2,3)23-13/h4-7,12-13H,8-10H2,1-3H3,(H,17,18)/t12-,13?/m1/s1. The maximum Gasteiger partial charge on any atom is 0.305 e. The molecule has 24 heavy (non-hydrogen) atoms. The lowest BCUT2D eigenvalue weighted by atomic mass is 10.1. The van der Waals surface area contributed by atoms with Crippen molar-refractivity contribution in [2.75, 3.05) is 6.61 Å². The van der Waals surface area contributed by atoms with Crippen LogP contribution in [-0.4, -0.2) is 44.1 Å². The second-order valence-corrected chi connectivity index (χ2v) is 7.88. The molecule has 1 aliphatic rings. The van der Waals surface area contributed by atoms with Crippen LogP contribution >= 0.6 is 0 Å². The molecular weight excluding hydrogens is 336 g/mol. The van der Waals surface area contributed by atoms with Crippen molar-refractivity contribution in [2.24, 2.45) is 0 Å². The van der Waals surface area contributed by atoms with Crippen LogP contribution in [0.4, 0.5) is 0 Å². The smallest absolute Gasteiger partial charge is 0.305 e. The van der Waals surface area contributed by atoms with Crippen molar-refractivity contribution < 1.29 is 32.0 Å². The number of benzene rings is 1. The van der Waals surface area contributed by atoms with Gasteiger partial charge in [0, 0.05) is 6.42 Å². The van der Waals surface area contributed by atoms with Crippen LogP contribution in [0.3, 0.4) is 0 Å². The van der Waals surface area contributed by atoms with Gasteiger partial charge >= 0.3 is 5.97 Å². The van der Waals surface area contributed by atoms with Gasteiger partial charge in [-0.25, -0.2) is 0 Å². The first-order valence-corrected chi connectivity index (χ1v) is 9.02. The average molecular weight is 358 g/mol. The normalized spacial score (nSPS) is 23.8. The van der Waals surface area contributed by atoms with Gasteiger partial charge in [-0.1, -0.05) is 17.7 Å². The molecule has 134 valence electrons. The minimum Gasteiger partial charge on any atom is -0.481 e. The highest BCUT2D eigenvalue weighted by Crippen LogP contribution is 2.29. The van der Waals surface area contributed by atoms with Crippen LogP contribution in [-0.2, 0) is 28.6 Å². The van der Waals surface area contributed by atoms with Crippen molar-refractivity contribution in [3.05, 3.63) is 29.8 Å². The van der Waals surface area contributed by atoms with Crippen molar-refractivity contribution in [2.45, 2.75) is 56.5 Å². The number of carboxylic acids is 1. The zero-order valence-corrected chi connectivity index (χ0v) is 14.7. The van der Waals surface area contributed by atoms with Gasteiger partial charge in [0.25, 0.3) is 10.1 Å². The van der Waals surface area contributed by atoms with Crippen molar-refractivity contribution >= 4 is 16.1 Å². The molecule has 1 heterocycles. The molecule has 2 rings (SSSR count). The van der Waals surface area contributed by atoms with E-state index in [1.54, 1.807) is 26.0 Å². The highest BCUT2D eigenvalue weighted by Gasteiger charge is 2.37. The molecule has 1 fully saturated rings. The van der Waals surface area contributed by atoms with Crippen LogP contribution in [0.1, 0.15) is 32.3 Å². The van der Waals surface area contributed by atoms with E-state index in [1.807, 2.05) is 6.92 Å². The van der Waals surface area contributed by atoms with E-state index in [0.29, 0.717) is 0 Å². The molecule has 1 aliphatic heterocycles. The highest BCUT2D eigenvalue weighted by molar-refractivity contribution is 7.86. The van der Waals surface area contributed by atoms with Gasteiger partial charge in [0.15, 0.2) is 5.79 Å². The topological polar surface area (TPSA) is 99.1 Å². The maximum absolute atomic E-state index is 12.2. The van der Waals surface area contributed by atoms with Gasteiger partial charge in [-0.2, -0.15) is 8.42 Å². The van der Waals surface area contributed by atoms with E-state index in [2.05, 4.69) is 0 Å². The molecule has 1 saturated heterocycles. The van der Waals surface area contributed by atoms with E-state index in [0.717, 1.165) is 5.56 Å². The predicted octanol–water partition coefficient (Wildman–Crippen LogP) is 2.09. The number of aliphatic carboxylic acids is 1. The monoisotopic (exact) mass is 358 g/mol. The number of carbonyl (C=O) groups is 1. The van der Waals surface area contributed by atoms with Gasteiger partial charge in [0.2, 0.25) is 0 Å². The van der Waals surface area contributed by atoms with Gasteiger partial charge in [-0.05, 0) is 32.9 Å². The molecule has 0 saturated carbocycles. The third kappa shape index (κ3) is 5.27. The quantitative estimate of drug-likeness (QED) is 0.777. The summed E-state index contributed by atoms with van der Waals surface area (Å²) in [6.07, 6.45) is -1.05. The summed E-state index contributed by atoms with van der Waals surface area (Å²) in [6, 6.07) is 6.33. The molecule has 8 heteroatoms. The number of ether oxygens (including phenoxy) is 2. The third-order valence-electron chi connectivity index (χ3n) is 3.55. The van der Waals surface area contributed by atoms with Crippen LogP contribution < -0.4 is 0 Å². The fraction of sp³-hybridized carbons (Fsp3) is 0.562. The summed E-state index contributed by atoms with van der Waals surface area (Å²) in [6.45, 7) is 4.97. The Kier molecular flexibility index (Phi) is 5.64. The van der Waals surface area contributed by atoms with Crippen molar-refractivity contribution in [1.82, 2.24) is 0 Å². The molecule has 7 nitrogen and oxygen atoms in total. The summed E-state index contributed by atoms with van der Waals surface area (Å²) in [4.78, 5) is 10.9. The number of carboxylic acid groups (broad SMARTS) is 1. The SMILES string of the molecule is Cc1ccc(S(=O)(=O)OCC2C[C@H](CC(=O)O)OC(C)(C)O2)cc1. The van der Waals surface area contributed by atoms with Crippen LogP contribution in [0.2, 0.25) is 0 Å². The van der Waals surface area contributed by atoms with E-state index in [9.17, 15) is 13.2 Å². The molecule has 0 radical (unpaired) electrons. The Morgan fingerprint density at radius 3 is 2.42 bits per heavy atom. The van der Waals surface area contributed by atoms with Crippen LogP contribution in [0.15, 0.2) is 29.2 Å². The first kappa shape index (κ1) is 18.9. The molecule has 2 atom stereocenters.